The van der Waals surface area contributed by atoms with Crippen molar-refractivity contribution in [2.24, 2.45) is 0 Å². The zero-order valence-electron chi connectivity index (χ0n) is 13.2. The maximum atomic E-state index is 9.45. The molecule has 4 N–H and O–H groups in total. The second kappa shape index (κ2) is 9.28. The van der Waals surface area contributed by atoms with E-state index in [9.17, 15) is 15.3 Å². The predicted molar refractivity (Wildman–Crippen MR) is 94.6 cm³/mol. The Morgan fingerprint density at radius 3 is 2.17 bits per heavy atom. The highest BCUT2D eigenvalue weighted by molar-refractivity contribution is 5.85. The van der Waals surface area contributed by atoms with Gasteiger partial charge in [0.25, 0.3) is 0 Å². The minimum atomic E-state index is -0.0843. The van der Waals surface area contributed by atoms with Gasteiger partial charge in [-0.1, -0.05) is 18.2 Å². The molecule has 126 valence electrons. The summed E-state index contributed by atoms with van der Waals surface area (Å²) in [4.78, 5) is 0. The van der Waals surface area contributed by atoms with Crippen LogP contribution in [0.3, 0.4) is 0 Å². The molecule has 23 heavy (non-hydrogen) atoms. The smallest absolute Gasteiger partial charge is 0.157 e. The maximum absolute atomic E-state index is 9.45. The minimum Gasteiger partial charge on any atom is -0.508 e. The Bertz CT molecular complexity index is 602. The lowest BCUT2D eigenvalue weighted by atomic mass is 10.1. The number of phenols is 3. The molecule has 2 aromatic carbocycles. The molecule has 1 atom stereocenters. The summed E-state index contributed by atoms with van der Waals surface area (Å²) in [5, 5.41) is 31.4. The molecule has 0 heterocycles. The van der Waals surface area contributed by atoms with Crippen LogP contribution in [-0.4, -0.2) is 27.9 Å². The first-order chi connectivity index (χ1) is 10.5. The van der Waals surface area contributed by atoms with E-state index in [1.807, 2.05) is 18.2 Å². The highest BCUT2D eigenvalue weighted by Crippen LogP contribution is 2.24. The minimum absolute atomic E-state index is 0. The van der Waals surface area contributed by atoms with Gasteiger partial charge in [-0.25, -0.2) is 0 Å². The Morgan fingerprint density at radius 2 is 1.52 bits per heavy atom. The Morgan fingerprint density at radius 1 is 0.870 bits per heavy atom. The molecular formula is C18H24ClNO3. The van der Waals surface area contributed by atoms with Gasteiger partial charge < -0.3 is 20.6 Å². The summed E-state index contributed by atoms with van der Waals surface area (Å²) in [5.74, 6) is 0.143. The van der Waals surface area contributed by atoms with Crippen LogP contribution in [0.2, 0.25) is 0 Å². The van der Waals surface area contributed by atoms with Crippen molar-refractivity contribution in [2.45, 2.75) is 32.2 Å². The van der Waals surface area contributed by atoms with Gasteiger partial charge in [-0.05, 0) is 68.1 Å². The molecule has 0 aromatic heterocycles. The summed E-state index contributed by atoms with van der Waals surface area (Å²) >= 11 is 0. The molecular weight excluding hydrogens is 314 g/mol. The summed E-state index contributed by atoms with van der Waals surface area (Å²) in [6, 6.07) is 12.6. The first kappa shape index (κ1) is 19.1. The second-order valence-corrected chi connectivity index (χ2v) is 5.63. The number of phenolic OH excluding ortho intramolecular Hbond substituents is 3. The van der Waals surface area contributed by atoms with Gasteiger partial charge in [0, 0.05) is 6.04 Å². The van der Waals surface area contributed by atoms with E-state index in [0.29, 0.717) is 11.8 Å². The molecule has 0 radical (unpaired) electrons. The lowest BCUT2D eigenvalue weighted by molar-refractivity contribution is 0.403. The molecule has 2 rings (SSSR count). The molecule has 0 spiro atoms. The molecule has 0 aliphatic carbocycles. The van der Waals surface area contributed by atoms with E-state index in [-0.39, 0.29) is 23.9 Å². The van der Waals surface area contributed by atoms with E-state index in [1.54, 1.807) is 18.2 Å². The summed E-state index contributed by atoms with van der Waals surface area (Å²) in [6.07, 6.45) is 2.79. The number of hydrogen-bond donors (Lipinski definition) is 4. The van der Waals surface area contributed by atoms with Gasteiger partial charge in [-0.15, -0.1) is 12.4 Å². The van der Waals surface area contributed by atoms with E-state index in [1.165, 1.54) is 11.6 Å². The summed E-state index contributed by atoms with van der Waals surface area (Å²) in [6.45, 7) is 2.97. The van der Waals surface area contributed by atoms with Crippen molar-refractivity contribution in [1.82, 2.24) is 5.32 Å². The van der Waals surface area contributed by atoms with Crippen molar-refractivity contribution in [3.8, 4) is 17.2 Å². The Labute approximate surface area is 143 Å². The zero-order valence-corrected chi connectivity index (χ0v) is 14.0. The number of aryl methyl sites for hydroxylation is 1. The Balaban J connectivity index is 0.00000264. The highest BCUT2D eigenvalue weighted by atomic mass is 35.5. The van der Waals surface area contributed by atoms with Crippen LogP contribution < -0.4 is 5.32 Å². The van der Waals surface area contributed by atoms with E-state index < -0.39 is 0 Å². The third kappa shape index (κ3) is 6.38. The molecule has 0 aliphatic rings. The van der Waals surface area contributed by atoms with Gasteiger partial charge >= 0.3 is 0 Å². The van der Waals surface area contributed by atoms with Crippen LogP contribution in [-0.2, 0) is 12.8 Å². The molecule has 0 bridgehead atoms. The lowest BCUT2D eigenvalue weighted by Gasteiger charge is -2.14. The topological polar surface area (TPSA) is 72.7 Å². The van der Waals surface area contributed by atoms with Crippen molar-refractivity contribution in [3.63, 3.8) is 0 Å². The van der Waals surface area contributed by atoms with Gasteiger partial charge in [0.2, 0.25) is 0 Å². The van der Waals surface area contributed by atoms with Crippen molar-refractivity contribution in [1.29, 1.82) is 0 Å². The maximum Gasteiger partial charge on any atom is 0.157 e. The van der Waals surface area contributed by atoms with Crippen LogP contribution in [0.25, 0.3) is 0 Å². The fourth-order valence-electron chi connectivity index (χ4n) is 2.34. The molecule has 0 amide bonds. The van der Waals surface area contributed by atoms with E-state index in [4.69, 9.17) is 0 Å². The molecule has 0 saturated carbocycles. The fraction of sp³-hybridized carbons (Fsp3) is 0.333. The van der Waals surface area contributed by atoms with Crippen LogP contribution in [0, 0.1) is 0 Å². The summed E-state index contributed by atoms with van der Waals surface area (Å²) < 4.78 is 0. The van der Waals surface area contributed by atoms with Gasteiger partial charge in [0.15, 0.2) is 11.5 Å². The molecule has 5 heteroatoms. The van der Waals surface area contributed by atoms with Crippen molar-refractivity contribution >= 4 is 12.4 Å². The van der Waals surface area contributed by atoms with E-state index >= 15 is 0 Å². The average molecular weight is 338 g/mol. The molecule has 4 nitrogen and oxygen atoms in total. The second-order valence-electron chi connectivity index (χ2n) is 5.63. The monoisotopic (exact) mass is 337 g/mol. The number of nitrogens with one attached hydrogen (secondary N) is 1. The first-order valence-corrected chi connectivity index (χ1v) is 7.57. The number of aromatic hydroxyl groups is 3. The predicted octanol–water partition coefficient (Wildman–Crippen LogP) is 3.38. The quantitative estimate of drug-likeness (QED) is 0.584. The lowest BCUT2D eigenvalue weighted by Crippen LogP contribution is -2.28. The normalized spacial score (nSPS) is 11.7. The van der Waals surface area contributed by atoms with Crippen LogP contribution in [0.1, 0.15) is 24.5 Å². The van der Waals surface area contributed by atoms with Gasteiger partial charge in [-0.3, -0.25) is 0 Å². The van der Waals surface area contributed by atoms with Gasteiger partial charge in [-0.2, -0.15) is 0 Å². The number of hydrogen-bond acceptors (Lipinski definition) is 4. The van der Waals surface area contributed by atoms with Crippen LogP contribution >= 0.6 is 12.4 Å². The number of halogens is 1. The first-order valence-electron chi connectivity index (χ1n) is 7.57. The Kier molecular flexibility index (Phi) is 7.72. The third-order valence-corrected chi connectivity index (χ3v) is 3.75. The van der Waals surface area contributed by atoms with Crippen LogP contribution in [0.4, 0.5) is 0 Å². The molecule has 0 aliphatic heterocycles. The largest absolute Gasteiger partial charge is 0.508 e. The standard InChI is InChI=1S/C18H23NO3.ClH/c1-13(2-3-14-4-7-16(20)8-5-14)19-11-10-15-6-9-17(21)18(22)12-15;/h4-9,12-13,19-22H,2-3,10-11H2,1H3;1H/t13-;/m0./s1. The van der Waals surface area contributed by atoms with Crippen molar-refractivity contribution < 1.29 is 15.3 Å². The van der Waals surface area contributed by atoms with Gasteiger partial charge in [0.05, 0.1) is 0 Å². The molecule has 0 unspecified atom stereocenters. The number of rotatable bonds is 7. The van der Waals surface area contributed by atoms with Crippen LogP contribution in [0.5, 0.6) is 17.2 Å². The zero-order chi connectivity index (χ0) is 15.9. The number of benzene rings is 2. The van der Waals surface area contributed by atoms with Crippen molar-refractivity contribution in [2.75, 3.05) is 6.54 Å². The molecule has 0 saturated heterocycles. The Hall–Kier alpha value is -1.91. The summed E-state index contributed by atoms with van der Waals surface area (Å²) in [5.41, 5.74) is 2.21. The average Bonchev–Trinajstić information content (AvgIpc) is 2.50. The highest BCUT2D eigenvalue weighted by Gasteiger charge is 2.04. The molecule has 0 fully saturated rings. The molecule has 2 aromatic rings. The van der Waals surface area contributed by atoms with Crippen LogP contribution in [0.15, 0.2) is 42.5 Å². The fourth-order valence-corrected chi connectivity index (χ4v) is 2.34. The van der Waals surface area contributed by atoms with Crippen molar-refractivity contribution in [3.05, 3.63) is 53.6 Å². The SMILES string of the molecule is C[C@@H](CCc1ccc(O)cc1)NCCc1ccc(O)c(O)c1.Cl. The third-order valence-electron chi connectivity index (χ3n) is 3.75. The van der Waals surface area contributed by atoms with Gasteiger partial charge in [0.1, 0.15) is 5.75 Å². The summed E-state index contributed by atoms with van der Waals surface area (Å²) in [7, 11) is 0. The van der Waals surface area contributed by atoms with E-state index in [2.05, 4.69) is 12.2 Å². The van der Waals surface area contributed by atoms with E-state index in [0.717, 1.165) is 31.4 Å².